The van der Waals surface area contributed by atoms with Gasteiger partial charge in [0.25, 0.3) is 0 Å². The molecule has 56 valence electrons. The molecule has 0 aromatic carbocycles. The van der Waals surface area contributed by atoms with Gasteiger partial charge in [-0.25, -0.2) is 4.99 Å². The van der Waals surface area contributed by atoms with Crippen LogP contribution >= 0.6 is 0 Å². The molecule has 0 saturated carbocycles. The van der Waals surface area contributed by atoms with Crippen LogP contribution < -0.4 is 10.6 Å². The Bertz CT molecular complexity index is 149. The van der Waals surface area contributed by atoms with Crippen LogP contribution in [0.4, 0.5) is 0 Å². The Morgan fingerprint density at radius 1 is 1.50 bits per heavy atom. The summed E-state index contributed by atoms with van der Waals surface area (Å²) in [5.74, 6) is 0. The minimum absolute atomic E-state index is 0.943. The van der Waals surface area contributed by atoms with E-state index in [1.807, 2.05) is 6.20 Å². The second-order valence-electron chi connectivity index (χ2n) is 2.38. The van der Waals surface area contributed by atoms with Crippen LogP contribution in [0.3, 0.4) is 0 Å². The minimum atomic E-state index is 0.943. The Morgan fingerprint density at radius 2 is 2.40 bits per heavy atom. The van der Waals surface area contributed by atoms with Crippen molar-refractivity contribution in [3.63, 3.8) is 0 Å². The molecule has 1 aliphatic heterocycles. The Morgan fingerprint density at radius 3 is 3.30 bits per heavy atom. The summed E-state index contributed by atoms with van der Waals surface area (Å²) in [5.41, 5.74) is 1.26. The zero-order chi connectivity index (χ0) is 7.23. The molecule has 0 aromatic heterocycles. The quantitative estimate of drug-likeness (QED) is 0.500. The summed E-state index contributed by atoms with van der Waals surface area (Å²) < 4.78 is 0. The SMILES string of the molecule is C/C1=C\N=C/NCCNC1. The summed E-state index contributed by atoms with van der Waals surface area (Å²) >= 11 is 0. The van der Waals surface area contributed by atoms with Gasteiger partial charge >= 0.3 is 0 Å². The number of nitrogens with one attached hydrogen (secondary N) is 2. The average molecular weight is 139 g/mol. The van der Waals surface area contributed by atoms with Crippen molar-refractivity contribution < 1.29 is 0 Å². The maximum absolute atomic E-state index is 4.03. The summed E-state index contributed by atoms with van der Waals surface area (Å²) in [6, 6.07) is 0. The van der Waals surface area contributed by atoms with Crippen molar-refractivity contribution in [2.75, 3.05) is 19.6 Å². The fraction of sp³-hybridized carbons (Fsp3) is 0.571. The van der Waals surface area contributed by atoms with Gasteiger partial charge in [0.15, 0.2) is 0 Å². The molecule has 0 spiro atoms. The predicted molar refractivity (Wildman–Crippen MR) is 43.1 cm³/mol. The van der Waals surface area contributed by atoms with Gasteiger partial charge in [-0.15, -0.1) is 0 Å². The molecule has 0 radical (unpaired) electrons. The average Bonchev–Trinajstić information content (AvgIpc) is 2.02. The second-order valence-corrected chi connectivity index (χ2v) is 2.38. The lowest BCUT2D eigenvalue weighted by Gasteiger charge is -2.01. The fourth-order valence-corrected chi connectivity index (χ4v) is 0.774. The zero-order valence-corrected chi connectivity index (χ0v) is 6.22. The molecule has 0 bridgehead atoms. The summed E-state index contributed by atoms with van der Waals surface area (Å²) in [6.07, 6.45) is 3.60. The Kier molecular flexibility index (Phi) is 2.96. The molecule has 0 amide bonds. The van der Waals surface area contributed by atoms with Gasteiger partial charge in [0.2, 0.25) is 0 Å². The summed E-state index contributed by atoms with van der Waals surface area (Å²) in [4.78, 5) is 4.03. The molecule has 3 heteroatoms. The molecule has 0 aromatic rings. The highest BCUT2D eigenvalue weighted by molar-refractivity contribution is 5.55. The molecule has 0 atom stereocenters. The van der Waals surface area contributed by atoms with E-state index in [4.69, 9.17) is 0 Å². The Balaban J connectivity index is 2.43. The van der Waals surface area contributed by atoms with Crippen LogP contribution in [0.5, 0.6) is 0 Å². The Labute approximate surface area is 61.2 Å². The van der Waals surface area contributed by atoms with Crippen molar-refractivity contribution >= 4 is 6.34 Å². The second kappa shape index (κ2) is 4.06. The van der Waals surface area contributed by atoms with E-state index in [2.05, 4.69) is 22.5 Å². The molecule has 1 rings (SSSR count). The molecule has 10 heavy (non-hydrogen) atoms. The third kappa shape index (κ3) is 2.64. The maximum Gasteiger partial charge on any atom is 0.0879 e. The molecular formula is C7H13N3. The summed E-state index contributed by atoms with van der Waals surface area (Å²) in [7, 11) is 0. The van der Waals surface area contributed by atoms with Crippen molar-refractivity contribution in [1.82, 2.24) is 10.6 Å². The first-order chi connectivity index (χ1) is 4.89. The van der Waals surface area contributed by atoms with E-state index in [1.165, 1.54) is 5.57 Å². The van der Waals surface area contributed by atoms with Crippen LogP contribution in [-0.2, 0) is 0 Å². The highest BCUT2D eigenvalue weighted by Gasteiger charge is 1.89. The highest BCUT2D eigenvalue weighted by Crippen LogP contribution is 1.89. The monoisotopic (exact) mass is 139 g/mol. The van der Waals surface area contributed by atoms with Crippen LogP contribution in [0, 0.1) is 0 Å². The van der Waals surface area contributed by atoms with Gasteiger partial charge in [0, 0.05) is 25.8 Å². The van der Waals surface area contributed by atoms with E-state index in [0.717, 1.165) is 19.6 Å². The topological polar surface area (TPSA) is 36.4 Å². The number of hydrogen-bond acceptors (Lipinski definition) is 3. The molecule has 2 N–H and O–H groups in total. The van der Waals surface area contributed by atoms with E-state index in [0.29, 0.717) is 0 Å². The van der Waals surface area contributed by atoms with Gasteiger partial charge in [-0.2, -0.15) is 0 Å². The van der Waals surface area contributed by atoms with Crippen LogP contribution in [0.15, 0.2) is 16.8 Å². The molecule has 0 fully saturated rings. The first-order valence-electron chi connectivity index (χ1n) is 3.51. The lowest BCUT2D eigenvalue weighted by Crippen LogP contribution is -2.26. The van der Waals surface area contributed by atoms with Gasteiger partial charge in [-0.1, -0.05) is 0 Å². The summed E-state index contributed by atoms with van der Waals surface area (Å²) in [6.45, 7) is 4.95. The van der Waals surface area contributed by atoms with Crippen molar-refractivity contribution in [2.24, 2.45) is 4.99 Å². The minimum Gasteiger partial charge on any atom is -0.375 e. The Hall–Kier alpha value is -0.830. The number of hydrogen-bond donors (Lipinski definition) is 2. The van der Waals surface area contributed by atoms with E-state index in [-0.39, 0.29) is 0 Å². The predicted octanol–water partition coefficient (Wildman–Crippen LogP) is 0.111. The first-order valence-corrected chi connectivity index (χ1v) is 3.51. The molecule has 1 aliphatic rings. The van der Waals surface area contributed by atoms with E-state index in [1.54, 1.807) is 6.34 Å². The lowest BCUT2D eigenvalue weighted by molar-refractivity contribution is 0.714. The van der Waals surface area contributed by atoms with Crippen LogP contribution in [0.1, 0.15) is 6.92 Å². The van der Waals surface area contributed by atoms with Gasteiger partial charge < -0.3 is 10.6 Å². The molecule has 1 heterocycles. The highest BCUT2D eigenvalue weighted by atomic mass is 15.0. The molecule has 0 unspecified atom stereocenters. The molecule has 0 aliphatic carbocycles. The largest absolute Gasteiger partial charge is 0.375 e. The van der Waals surface area contributed by atoms with Crippen molar-refractivity contribution in [1.29, 1.82) is 0 Å². The molecule has 0 saturated heterocycles. The normalized spacial score (nSPS) is 28.3. The van der Waals surface area contributed by atoms with Crippen molar-refractivity contribution in [3.05, 3.63) is 11.8 Å². The lowest BCUT2D eigenvalue weighted by atomic mass is 10.3. The van der Waals surface area contributed by atoms with E-state index in [9.17, 15) is 0 Å². The number of nitrogens with zero attached hydrogens (tertiary/aromatic N) is 1. The molecule has 3 nitrogen and oxygen atoms in total. The van der Waals surface area contributed by atoms with E-state index < -0.39 is 0 Å². The van der Waals surface area contributed by atoms with Crippen LogP contribution in [0.25, 0.3) is 0 Å². The van der Waals surface area contributed by atoms with Gasteiger partial charge in [-0.05, 0) is 12.5 Å². The van der Waals surface area contributed by atoms with E-state index >= 15 is 0 Å². The van der Waals surface area contributed by atoms with Crippen LogP contribution in [0.2, 0.25) is 0 Å². The number of aliphatic imine (C=N–C) groups is 1. The smallest absolute Gasteiger partial charge is 0.0879 e. The third-order valence-corrected chi connectivity index (χ3v) is 1.31. The standard InChI is InChI=1S/C7H13N3/c1-7-4-8-2-3-9-6-10-5-7/h5-6,8H,2-4H2,1H3,(H,9,10)/b7-5+. The van der Waals surface area contributed by atoms with Gasteiger partial charge in [0.1, 0.15) is 0 Å². The third-order valence-electron chi connectivity index (χ3n) is 1.31. The molecular weight excluding hydrogens is 126 g/mol. The van der Waals surface area contributed by atoms with Crippen molar-refractivity contribution in [3.8, 4) is 0 Å². The van der Waals surface area contributed by atoms with Crippen LogP contribution in [-0.4, -0.2) is 26.0 Å². The number of rotatable bonds is 0. The van der Waals surface area contributed by atoms with Gasteiger partial charge in [0.05, 0.1) is 6.34 Å². The maximum atomic E-state index is 4.03. The van der Waals surface area contributed by atoms with Crippen molar-refractivity contribution in [2.45, 2.75) is 6.92 Å². The fourth-order valence-electron chi connectivity index (χ4n) is 0.774. The first kappa shape index (κ1) is 7.28. The van der Waals surface area contributed by atoms with Gasteiger partial charge in [-0.3, -0.25) is 0 Å². The summed E-state index contributed by atoms with van der Waals surface area (Å²) in [5, 5.41) is 6.32. The zero-order valence-electron chi connectivity index (χ0n) is 6.22.